The zero-order chi connectivity index (χ0) is 25.8. The molecule has 0 saturated carbocycles. The van der Waals surface area contributed by atoms with Crippen molar-refractivity contribution in [2.45, 2.75) is 13.5 Å². The first-order valence-corrected chi connectivity index (χ1v) is 12.0. The molecular weight excluding hydrogens is 488 g/mol. The lowest BCUT2D eigenvalue weighted by atomic mass is 10.1. The van der Waals surface area contributed by atoms with E-state index in [1.54, 1.807) is 36.4 Å². The molecule has 0 bridgehead atoms. The van der Waals surface area contributed by atoms with Crippen LogP contribution in [0.2, 0.25) is 5.02 Å². The maximum atomic E-state index is 12.6. The van der Waals surface area contributed by atoms with E-state index in [4.69, 9.17) is 16.3 Å². The minimum Gasteiger partial charge on any atom is -0.489 e. The molecule has 0 radical (unpaired) electrons. The van der Waals surface area contributed by atoms with E-state index >= 15 is 0 Å². The van der Waals surface area contributed by atoms with Gasteiger partial charge < -0.3 is 15.0 Å². The Morgan fingerprint density at radius 2 is 1.76 bits per heavy atom. The van der Waals surface area contributed by atoms with E-state index in [1.165, 1.54) is 0 Å². The Hall–Kier alpha value is -4.62. The second-order valence-corrected chi connectivity index (χ2v) is 8.92. The lowest BCUT2D eigenvalue weighted by Crippen LogP contribution is -2.34. The Labute approximate surface area is 218 Å². The Kier molecular flexibility index (Phi) is 6.87. The summed E-state index contributed by atoms with van der Waals surface area (Å²) in [5.74, 6) is 0.777. The van der Waals surface area contributed by atoms with Crippen molar-refractivity contribution in [3.8, 4) is 17.1 Å². The van der Waals surface area contributed by atoms with Gasteiger partial charge in [-0.2, -0.15) is 0 Å². The number of nitrogens with zero attached hydrogens (tertiary/aromatic N) is 1. The highest BCUT2D eigenvalue weighted by atomic mass is 35.5. The van der Waals surface area contributed by atoms with Gasteiger partial charge >= 0.3 is 6.03 Å². The van der Waals surface area contributed by atoms with Crippen molar-refractivity contribution in [1.29, 1.82) is 0 Å². The lowest BCUT2D eigenvalue weighted by Gasteiger charge is -2.10. The number of aryl methyl sites for hydroxylation is 1. The van der Waals surface area contributed by atoms with Gasteiger partial charge in [0.15, 0.2) is 0 Å². The summed E-state index contributed by atoms with van der Waals surface area (Å²) in [4.78, 5) is 33.0. The highest BCUT2D eigenvalue weighted by Gasteiger charge is 2.13. The van der Waals surface area contributed by atoms with Crippen LogP contribution >= 0.6 is 11.6 Å². The number of para-hydroxylation sites is 2. The number of carbonyl (C=O) groups is 2. The summed E-state index contributed by atoms with van der Waals surface area (Å²) < 4.78 is 5.74. The number of hydrogen-bond acceptors (Lipinski definition) is 4. The van der Waals surface area contributed by atoms with E-state index in [-0.39, 0.29) is 0 Å². The van der Waals surface area contributed by atoms with Crippen molar-refractivity contribution in [3.05, 3.63) is 113 Å². The molecule has 3 N–H and O–H groups in total. The van der Waals surface area contributed by atoms with Gasteiger partial charge in [0.05, 0.1) is 11.0 Å². The van der Waals surface area contributed by atoms with Gasteiger partial charge in [-0.1, -0.05) is 41.9 Å². The normalized spacial score (nSPS) is 10.8. The van der Waals surface area contributed by atoms with Crippen LogP contribution in [-0.4, -0.2) is 21.9 Å². The quantitative estimate of drug-likeness (QED) is 0.236. The van der Waals surface area contributed by atoms with Gasteiger partial charge in [-0.05, 0) is 78.7 Å². The molecular formula is C29H23ClN4O3. The van der Waals surface area contributed by atoms with Crippen molar-refractivity contribution in [2.75, 3.05) is 5.32 Å². The fourth-order valence-corrected chi connectivity index (χ4v) is 4.08. The lowest BCUT2D eigenvalue weighted by molar-refractivity contribution is 0.0967. The molecule has 3 amide bonds. The monoisotopic (exact) mass is 510 g/mol. The topological polar surface area (TPSA) is 96.1 Å². The number of anilines is 1. The van der Waals surface area contributed by atoms with Crippen LogP contribution in [0.1, 0.15) is 21.5 Å². The molecule has 0 aliphatic heterocycles. The SMILES string of the molecule is Cc1ccc(NC(=O)NC(=O)c2ccc(OCc3cccc(Cl)c3)cc2)cc1-c1nc2ccccc2[nH]1. The minimum atomic E-state index is -0.634. The number of benzene rings is 4. The molecule has 0 unspecified atom stereocenters. The number of carbonyl (C=O) groups excluding carboxylic acids is 2. The maximum absolute atomic E-state index is 12.6. The van der Waals surface area contributed by atoms with E-state index in [1.807, 2.05) is 61.5 Å². The number of halogens is 1. The Bertz CT molecular complexity index is 1560. The van der Waals surface area contributed by atoms with Crippen LogP contribution in [0, 0.1) is 6.92 Å². The molecule has 37 heavy (non-hydrogen) atoms. The molecule has 0 atom stereocenters. The van der Waals surface area contributed by atoms with Gasteiger partial charge in [0.25, 0.3) is 5.91 Å². The van der Waals surface area contributed by atoms with Gasteiger partial charge in [-0.15, -0.1) is 0 Å². The zero-order valence-corrected chi connectivity index (χ0v) is 20.7. The Balaban J connectivity index is 1.20. The van der Waals surface area contributed by atoms with E-state index in [9.17, 15) is 9.59 Å². The average molecular weight is 511 g/mol. The number of imidazole rings is 1. The van der Waals surface area contributed by atoms with E-state index < -0.39 is 11.9 Å². The fraction of sp³-hybridized carbons (Fsp3) is 0.0690. The predicted molar refractivity (Wildman–Crippen MR) is 145 cm³/mol. The minimum absolute atomic E-state index is 0.331. The third kappa shape index (κ3) is 5.79. The number of aromatic nitrogens is 2. The van der Waals surface area contributed by atoms with E-state index in [0.29, 0.717) is 34.5 Å². The number of nitrogens with one attached hydrogen (secondary N) is 3. The largest absolute Gasteiger partial charge is 0.489 e. The maximum Gasteiger partial charge on any atom is 0.326 e. The number of fused-ring (bicyclic) bond motifs is 1. The second-order valence-electron chi connectivity index (χ2n) is 8.48. The van der Waals surface area contributed by atoms with Crippen molar-refractivity contribution in [1.82, 2.24) is 15.3 Å². The first kappa shape index (κ1) is 24.1. The summed E-state index contributed by atoms with van der Waals surface area (Å²) >= 11 is 6.00. The highest BCUT2D eigenvalue weighted by Crippen LogP contribution is 2.26. The molecule has 0 spiro atoms. The number of amides is 3. The molecule has 0 aliphatic rings. The van der Waals surface area contributed by atoms with Gasteiger partial charge in [0.1, 0.15) is 18.2 Å². The fourth-order valence-electron chi connectivity index (χ4n) is 3.87. The number of aromatic amines is 1. The zero-order valence-electron chi connectivity index (χ0n) is 19.9. The predicted octanol–water partition coefficient (Wildman–Crippen LogP) is 6.73. The van der Waals surface area contributed by atoms with Crippen LogP contribution in [0.5, 0.6) is 5.75 Å². The van der Waals surface area contributed by atoms with Gasteiger partial charge in [0, 0.05) is 21.8 Å². The van der Waals surface area contributed by atoms with Crippen LogP contribution in [0.3, 0.4) is 0 Å². The molecule has 0 saturated heterocycles. The van der Waals surface area contributed by atoms with Gasteiger partial charge in [-0.25, -0.2) is 9.78 Å². The summed E-state index contributed by atoms with van der Waals surface area (Å²) in [6, 6.07) is 26.6. The number of imide groups is 1. The summed E-state index contributed by atoms with van der Waals surface area (Å²) in [7, 11) is 0. The highest BCUT2D eigenvalue weighted by molar-refractivity contribution is 6.30. The molecule has 0 fully saturated rings. The molecule has 0 aliphatic carbocycles. The van der Waals surface area contributed by atoms with E-state index in [0.717, 1.165) is 27.7 Å². The first-order chi connectivity index (χ1) is 17.9. The molecule has 8 heteroatoms. The summed E-state index contributed by atoms with van der Waals surface area (Å²) in [6.07, 6.45) is 0. The van der Waals surface area contributed by atoms with Gasteiger partial charge in [0.2, 0.25) is 0 Å². The Morgan fingerprint density at radius 1 is 0.946 bits per heavy atom. The molecule has 5 aromatic rings. The van der Waals surface area contributed by atoms with Crippen molar-refractivity contribution >= 4 is 40.3 Å². The summed E-state index contributed by atoms with van der Waals surface area (Å²) in [5, 5.41) is 5.72. The smallest absolute Gasteiger partial charge is 0.326 e. The number of rotatable bonds is 6. The molecule has 7 nitrogen and oxygen atoms in total. The van der Waals surface area contributed by atoms with Crippen LogP contribution in [0.4, 0.5) is 10.5 Å². The molecule has 1 heterocycles. The summed E-state index contributed by atoms with van der Waals surface area (Å²) in [5.41, 5.74) is 5.45. The second kappa shape index (κ2) is 10.6. The first-order valence-electron chi connectivity index (χ1n) is 11.6. The van der Waals surface area contributed by atoms with Crippen LogP contribution in [0.25, 0.3) is 22.4 Å². The number of ether oxygens (including phenoxy) is 1. The van der Waals surface area contributed by atoms with Crippen molar-refractivity contribution in [3.63, 3.8) is 0 Å². The van der Waals surface area contributed by atoms with Crippen LogP contribution < -0.4 is 15.4 Å². The van der Waals surface area contributed by atoms with Crippen molar-refractivity contribution in [2.24, 2.45) is 0 Å². The van der Waals surface area contributed by atoms with Gasteiger partial charge in [-0.3, -0.25) is 10.1 Å². The van der Waals surface area contributed by atoms with E-state index in [2.05, 4.69) is 20.6 Å². The molecule has 184 valence electrons. The number of hydrogen-bond donors (Lipinski definition) is 3. The molecule has 5 rings (SSSR count). The average Bonchev–Trinajstić information content (AvgIpc) is 3.33. The number of H-pyrrole nitrogens is 1. The number of urea groups is 1. The third-order valence-corrected chi connectivity index (χ3v) is 6.01. The summed E-state index contributed by atoms with van der Waals surface area (Å²) in [6.45, 7) is 2.32. The van der Waals surface area contributed by atoms with Crippen LogP contribution in [-0.2, 0) is 6.61 Å². The molecule has 1 aromatic heterocycles. The third-order valence-electron chi connectivity index (χ3n) is 5.78. The standard InChI is InChI=1S/C29H23ClN4O3/c1-18-9-12-22(16-24(18)27-32-25-7-2-3-8-26(25)33-27)31-29(36)34-28(35)20-10-13-23(14-11-20)37-17-19-5-4-6-21(30)15-19/h2-16H,17H2,1H3,(H,32,33)(H2,31,34,35,36). The molecule has 4 aromatic carbocycles. The van der Waals surface area contributed by atoms with Crippen LogP contribution in [0.15, 0.2) is 91.0 Å². The van der Waals surface area contributed by atoms with Crippen molar-refractivity contribution < 1.29 is 14.3 Å². The Morgan fingerprint density at radius 3 is 2.54 bits per heavy atom.